The summed E-state index contributed by atoms with van der Waals surface area (Å²) in [4.78, 5) is 6.60. The molecule has 1 aliphatic rings. The van der Waals surface area contributed by atoms with Crippen LogP contribution >= 0.6 is 0 Å². The zero-order chi connectivity index (χ0) is 14.8. The lowest BCUT2D eigenvalue weighted by atomic mass is 10.0. The summed E-state index contributed by atoms with van der Waals surface area (Å²) in [5, 5.41) is 19.9. The Bertz CT molecular complexity index is 663. The number of nitriles is 1. The van der Waals surface area contributed by atoms with Crippen molar-refractivity contribution in [1.82, 2.24) is 20.4 Å². The number of hydrogen-bond acceptors (Lipinski definition) is 6. The van der Waals surface area contributed by atoms with Gasteiger partial charge in [-0.05, 0) is 19.1 Å². The number of rotatable bonds is 3. The first-order valence-corrected chi connectivity index (χ1v) is 6.74. The third-order valence-corrected chi connectivity index (χ3v) is 3.82. The van der Waals surface area contributed by atoms with Gasteiger partial charge in [-0.2, -0.15) is 20.7 Å². The molecule has 0 spiro atoms. The maximum absolute atomic E-state index is 9.27. The molecule has 0 aliphatic carbocycles. The number of ether oxygens (including phenoxy) is 1. The molecule has 2 aromatic rings. The van der Waals surface area contributed by atoms with Crippen molar-refractivity contribution >= 4 is 5.82 Å². The van der Waals surface area contributed by atoms with E-state index in [4.69, 9.17) is 4.74 Å². The Hall–Kier alpha value is -2.46. The molecule has 1 N–H and O–H groups in total. The van der Waals surface area contributed by atoms with Crippen LogP contribution in [0, 0.1) is 18.3 Å². The van der Waals surface area contributed by atoms with Gasteiger partial charge >= 0.3 is 0 Å². The summed E-state index contributed by atoms with van der Waals surface area (Å²) in [6, 6.07) is 5.86. The molecule has 1 saturated heterocycles. The predicted molar refractivity (Wildman–Crippen MR) is 75.8 cm³/mol. The fourth-order valence-corrected chi connectivity index (χ4v) is 2.73. The maximum atomic E-state index is 9.27. The molecule has 0 amide bonds. The molecular formula is C14H16N6O. The van der Waals surface area contributed by atoms with E-state index >= 15 is 0 Å². The summed E-state index contributed by atoms with van der Waals surface area (Å²) in [6.07, 6.45) is 1.72. The van der Waals surface area contributed by atoms with Crippen LogP contribution in [0.2, 0.25) is 0 Å². The smallest absolute Gasteiger partial charge is 0.146 e. The average molecular weight is 284 g/mol. The fraction of sp³-hybridized carbons (Fsp3) is 0.429. The second kappa shape index (κ2) is 5.50. The third kappa shape index (κ3) is 2.45. The second-order valence-electron chi connectivity index (χ2n) is 5.12. The van der Waals surface area contributed by atoms with Crippen LogP contribution < -0.4 is 4.90 Å². The molecule has 0 saturated carbocycles. The minimum absolute atomic E-state index is 0.00366. The minimum Gasteiger partial charge on any atom is -0.379 e. The SMILES string of the molecule is CO[C@@H]1CN(c2nc(C)ccc2C#N)C[C@H]1c1cn[nH]n1. The number of methoxy groups -OCH3 is 1. The molecular weight excluding hydrogens is 268 g/mol. The number of nitrogens with one attached hydrogen (secondary N) is 1. The van der Waals surface area contributed by atoms with Gasteiger partial charge in [-0.25, -0.2) is 4.98 Å². The first-order chi connectivity index (χ1) is 10.2. The van der Waals surface area contributed by atoms with Gasteiger partial charge in [-0.3, -0.25) is 0 Å². The van der Waals surface area contributed by atoms with E-state index in [-0.39, 0.29) is 12.0 Å². The van der Waals surface area contributed by atoms with Crippen LogP contribution in [0.4, 0.5) is 5.82 Å². The van der Waals surface area contributed by atoms with Crippen molar-refractivity contribution < 1.29 is 4.74 Å². The van der Waals surface area contributed by atoms with Gasteiger partial charge in [-0.15, -0.1) is 0 Å². The van der Waals surface area contributed by atoms with Crippen molar-refractivity contribution in [3.05, 3.63) is 35.3 Å². The quantitative estimate of drug-likeness (QED) is 0.904. The molecule has 0 bridgehead atoms. The number of anilines is 1. The Balaban J connectivity index is 1.92. The number of hydrogen-bond donors (Lipinski definition) is 1. The number of nitrogens with zero attached hydrogens (tertiary/aromatic N) is 5. The first-order valence-electron chi connectivity index (χ1n) is 6.74. The molecule has 7 heteroatoms. The lowest BCUT2D eigenvalue weighted by Crippen LogP contribution is -2.24. The molecule has 3 heterocycles. The van der Waals surface area contributed by atoms with E-state index < -0.39 is 0 Å². The average Bonchev–Trinajstić information content (AvgIpc) is 3.15. The summed E-state index contributed by atoms with van der Waals surface area (Å²) in [5.74, 6) is 0.827. The van der Waals surface area contributed by atoms with Crippen LogP contribution in [0.15, 0.2) is 18.3 Å². The summed E-state index contributed by atoms with van der Waals surface area (Å²) in [5.41, 5.74) is 2.34. The second-order valence-corrected chi connectivity index (χ2v) is 5.12. The molecule has 108 valence electrons. The molecule has 0 aromatic carbocycles. The van der Waals surface area contributed by atoms with Gasteiger partial charge in [-0.1, -0.05) is 0 Å². The third-order valence-electron chi connectivity index (χ3n) is 3.82. The van der Waals surface area contributed by atoms with Crippen LogP contribution in [0.3, 0.4) is 0 Å². The van der Waals surface area contributed by atoms with Crippen molar-refractivity contribution in [1.29, 1.82) is 5.26 Å². The Labute approximate surface area is 122 Å². The molecule has 21 heavy (non-hydrogen) atoms. The predicted octanol–water partition coefficient (Wildman–Crippen LogP) is 0.999. The van der Waals surface area contributed by atoms with Gasteiger partial charge in [0.15, 0.2) is 0 Å². The number of aromatic nitrogens is 4. The first kappa shape index (κ1) is 13.5. The molecule has 0 unspecified atom stereocenters. The molecule has 7 nitrogen and oxygen atoms in total. The van der Waals surface area contributed by atoms with Crippen LogP contribution in [0.1, 0.15) is 22.9 Å². The zero-order valence-electron chi connectivity index (χ0n) is 11.9. The molecule has 0 radical (unpaired) electrons. The maximum Gasteiger partial charge on any atom is 0.146 e. The van der Waals surface area contributed by atoms with Crippen molar-refractivity contribution in [3.63, 3.8) is 0 Å². The highest BCUT2D eigenvalue weighted by Crippen LogP contribution is 2.32. The van der Waals surface area contributed by atoms with Crippen molar-refractivity contribution in [2.75, 3.05) is 25.1 Å². The van der Waals surface area contributed by atoms with Crippen LogP contribution in [0.25, 0.3) is 0 Å². The topological polar surface area (TPSA) is 90.7 Å². The highest BCUT2D eigenvalue weighted by atomic mass is 16.5. The molecule has 1 fully saturated rings. The van der Waals surface area contributed by atoms with Crippen LogP contribution in [-0.2, 0) is 4.74 Å². The van der Waals surface area contributed by atoms with Gasteiger partial charge in [0.05, 0.1) is 29.5 Å². The van der Waals surface area contributed by atoms with Crippen LogP contribution in [0.5, 0.6) is 0 Å². The van der Waals surface area contributed by atoms with E-state index in [2.05, 4.69) is 31.4 Å². The van der Waals surface area contributed by atoms with E-state index in [1.807, 2.05) is 19.1 Å². The Morgan fingerprint density at radius 1 is 1.43 bits per heavy atom. The zero-order valence-corrected chi connectivity index (χ0v) is 11.9. The number of pyridine rings is 1. The minimum atomic E-state index is 0.00366. The lowest BCUT2D eigenvalue weighted by molar-refractivity contribution is 0.105. The van der Waals surface area contributed by atoms with Crippen molar-refractivity contribution in [2.24, 2.45) is 0 Å². The highest BCUT2D eigenvalue weighted by Gasteiger charge is 2.37. The van der Waals surface area contributed by atoms with Gasteiger partial charge in [0.2, 0.25) is 0 Å². The van der Waals surface area contributed by atoms with Crippen molar-refractivity contribution in [3.8, 4) is 6.07 Å². The number of H-pyrrole nitrogens is 1. The van der Waals surface area contributed by atoms with Gasteiger partial charge < -0.3 is 9.64 Å². The van der Waals surface area contributed by atoms with Crippen molar-refractivity contribution in [2.45, 2.75) is 18.9 Å². The Kier molecular flexibility index (Phi) is 3.54. The number of aromatic amines is 1. The van der Waals surface area contributed by atoms with E-state index in [0.29, 0.717) is 24.5 Å². The normalized spacial score (nSPS) is 21.5. The fourth-order valence-electron chi connectivity index (χ4n) is 2.73. The van der Waals surface area contributed by atoms with Gasteiger partial charge in [0, 0.05) is 25.9 Å². The Morgan fingerprint density at radius 2 is 2.29 bits per heavy atom. The molecule has 2 atom stereocenters. The largest absolute Gasteiger partial charge is 0.379 e. The van der Waals surface area contributed by atoms with Crippen LogP contribution in [-0.4, -0.2) is 46.7 Å². The highest BCUT2D eigenvalue weighted by molar-refractivity contribution is 5.55. The molecule has 3 rings (SSSR count). The van der Waals surface area contributed by atoms with E-state index in [1.54, 1.807) is 13.3 Å². The summed E-state index contributed by atoms with van der Waals surface area (Å²) < 4.78 is 5.57. The summed E-state index contributed by atoms with van der Waals surface area (Å²) >= 11 is 0. The number of aryl methyl sites for hydroxylation is 1. The van der Waals surface area contributed by atoms with E-state index in [9.17, 15) is 5.26 Å². The Morgan fingerprint density at radius 3 is 2.95 bits per heavy atom. The van der Waals surface area contributed by atoms with E-state index in [0.717, 1.165) is 11.4 Å². The monoisotopic (exact) mass is 284 g/mol. The lowest BCUT2D eigenvalue weighted by Gasteiger charge is -2.18. The van der Waals surface area contributed by atoms with Gasteiger partial charge in [0.25, 0.3) is 0 Å². The van der Waals surface area contributed by atoms with Gasteiger partial charge in [0.1, 0.15) is 11.9 Å². The molecule has 2 aromatic heterocycles. The summed E-state index contributed by atoms with van der Waals surface area (Å²) in [7, 11) is 1.69. The van der Waals surface area contributed by atoms with E-state index in [1.165, 1.54) is 0 Å². The summed E-state index contributed by atoms with van der Waals surface area (Å²) in [6.45, 7) is 3.30. The standard InChI is InChI=1S/C14H16N6O/c1-9-3-4-10(5-15)14(17-9)20-7-11(13(8-20)21-2)12-6-16-19-18-12/h3-4,6,11,13H,7-8H2,1-2H3,(H,16,18,19)/t11-,13+/m0/s1. The molecule has 1 aliphatic heterocycles.